The van der Waals surface area contributed by atoms with E-state index < -0.39 is 0 Å². The third-order valence-corrected chi connectivity index (χ3v) is 10.9. The van der Waals surface area contributed by atoms with E-state index >= 15 is 0 Å². The van der Waals surface area contributed by atoms with Crippen molar-refractivity contribution in [3.63, 3.8) is 0 Å². The summed E-state index contributed by atoms with van der Waals surface area (Å²) < 4.78 is 6.53. The fourth-order valence-corrected chi connectivity index (χ4v) is 8.45. The average Bonchev–Trinajstić information content (AvgIpc) is 3.21. The number of benzene rings is 10. The van der Waals surface area contributed by atoms with Crippen molar-refractivity contribution >= 4 is 43.1 Å². The van der Waals surface area contributed by atoms with Gasteiger partial charge in [-0.2, -0.15) is 0 Å². The molecule has 1 heteroatoms. The van der Waals surface area contributed by atoms with Crippen LogP contribution in [0.4, 0.5) is 0 Å². The molecule has 0 saturated heterocycles. The monoisotopic (exact) mass is 646 g/mol. The molecule has 0 fully saturated rings. The average molecular weight is 647 g/mol. The highest BCUT2D eigenvalue weighted by atomic mass is 16.5. The first-order valence-corrected chi connectivity index (χ1v) is 17.6. The van der Waals surface area contributed by atoms with Gasteiger partial charge in [-0.3, -0.25) is 0 Å². The Bertz CT molecular complexity index is 2960. The standard InChI is InChI=1S/C50H30O/c1-3-8-31(9-4-1)37-22-28-46-45(30-37)42-13-7-12-41-40(27-29-47(51-46)50(41)42)34-16-14-33(15-17-34)39-24-19-36-20-25-43-38(32-10-5-2-6-11-32)23-18-35-21-26-44(39)49(36)48(35)43/h1-30H. The van der Waals surface area contributed by atoms with Crippen LogP contribution in [0.25, 0.3) is 98.7 Å². The second-order valence-electron chi connectivity index (χ2n) is 13.6. The largest absolute Gasteiger partial charge is 0.456 e. The van der Waals surface area contributed by atoms with Crippen LogP contribution >= 0.6 is 0 Å². The molecule has 236 valence electrons. The second kappa shape index (κ2) is 10.9. The molecule has 51 heavy (non-hydrogen) atoms. The summed E-state index contributed by atoms with van der Waals surface area (Å²) in [5.41, 5.74) is 12.1. The van der Waals surface area contributed by atoms with Gasteiger partial charge in [0.2, 0.25) is 0 Å². The number of hydrogen-bond donors (Lipinski definition) is 0. The fraction of sp³-hybridized carbons (Fsp3) is 0. The predicted octanol–water partition coefficient (Wildman–Crippen LogP) is 14.2. The molecule has 0 saturated carbocycles. The highest BCUT2D eigenvalue weighted by molar-refractivity contribution is 6.27. The highest BCUT2D eigenvalue weighted by Gasteiger charge is 2.22. The summed E-state index contributed by atoms with van der Waals surface area (Å²) in [4.78, 5) is 0. The molecule has 0 radical (unpaired) electrons. The molecule has 10 aromatic rings. The van der Waals surface area contributed by atoms with Crippen LogP contribution in [0.1, 0.15) is 0 Å². The van der Waals surface area contributed by atoms with Gasteiger partial charge in [0.15, 0.2) is 0 Å². The van der Waals surface area contributed by atoms with Gasteiger partial charge in [-0.1, -0.05) is 164 Å². The summed E-state index contributed by atoms with van der Waals surface area (Å²) in [5, 5.41) is 10.2. The van der Waals surface area contributed by atoms with E-state index in [1.54, 1.807) is 0 Å². The van der Waals surface area contributed by atoms with Gasteiger partial charge in [0.05, 0.1) is 0 Å². The lowest BCUT2D eigenvalue weighted by atomic mass is 9.86. The molecule has 0 aliphatic carbocycles. The van der Waals surface area contributed by atoms with Crippen LogP contribution in [0.15, 0.2) is 182 Å². The Morgan fingerprint density at radius 1 is 0.255 bits per heavy atom. The molecule has 0 amide bonds. The zero-order valence-electron chi connectivity index (χ0n) is 27.7. The van der Waals surface area contributed by atoms with Crippen molar-refractivity contribution < 1.29 is 4.74 Å². The van der Waals surface area contributed by atoms with Gasteiger partial charge in [-0.25, -0.2) is 0 Å². The number of fused-ring (bicyclic) bond motifs is 2. The van der Waals surface area contributed by atoms with E-state index in [2.05, 4.69) is 182 Å². The van der Waals surface area contributed by atoms with E-state index in [0.29, 0.717) is 0 Å². The summed E-state index contributed by atoms with van der Waals surface area (Å²) in [6.45, 7) is 0. The maximum absolute atomic E-state index is 6.53. The first-order chi connectivity index (χ1) is 25.3. The van der Waals surface area contributed by atoms with Crippen LogP contribution in [0.3, 0.4) is 0 Å². The van der Waals surface area contributed by atoms with Gasteiger partial charge in [-0.15, -0.1) is 0 Å². The normalized spacial score (nSPS) is 12.1. The van der Waals surface area contributed by atoms with Crippen LogP contribution in [0.2, 0.25) is 0 Å². The quantitative estimate of drug-likeness (QED) is 0.173. The van der Waals surface area contributed by atoms with Crippen molar-refractivity contribution in [2.45, 2.75) is 0 Å². The Labute approximate surface area is 296 Å². The van der Waals surface area contributed by atoms with Crippen molar-refractivity contribution in [1.82, 2.24) is 0 Å². The molecule has 1 aliphatic rings. The third kappa shape index (κ3) is 4.28. The maximum atomic E-state index is 6.53. The molecule has 0 atom stereocenters. The fourth-order valence-electron chi connectivity index (χ4n) is 8.45. The van der Waals surface area contributed by atoms with E-state index in [1.165, 1.54) is 93.2 Å². The predicted molar refractivity (Wildman–Crippen MR) is 215 cm³/mol. The molecular formula is C50H30O. The smallest absolute Gasteiger partial charge is 0.135 e. The Morgan fingerprint density at radius 2 is 0.745 bits per heavy atom. The van der Waals surface area contributed by atoms with Crippen molar-refractivity contribution in [2.24, 2.45) is 0 Å². The van der Waals surface area contributed by atoms with Crippen molar-refractivity contribution in [3.05, 3.63) is 182 Å². The lowest BCUT2D eigenvalue weighted by Gasteiger charge is -2.23. The molecule has 0 aromatic heterocycles. The summed E-state index contributed by atoms with van der Waals surface area (Å²) in [5.74, 6) is 1.81. The van der Waals surface area contributed by atoms with Crippen LogP contribution in [-0.4, -0.2) is 0 Å². The minimum atomic E-state index is 0.899. The molecule has 0 unspecified atom stereocenters. The first-order valence-electron chi connectivity index (χ1n) is 17.6. The van der Waals surface area contributed by atoms with Crippen LogP contribution in [0.5, 0.6) is 11.5 Å². The summed E-state index contributed by atoms with van der Waals surface area (Å²) in [6, 6.07) is 66.2. The molecule has 1 heterocycles. The Morgan fingerprint density at radius 3 is 1.37 bits per heavy atom. The third-order valence-electron chi connectivity index (χ3n) is 10.9. The summed E-state index contributed by atoms with van der Waals surface area (Å²) >= 11 is 0. The van der Waals surface area contributed by atoms with E-state index in [0.717, 1.165) is 17.1 Å². The number of ether oxygens (including phenoxy) is 1. The minimum absolute atomic E-state index is 0.899. The van der Waals surface area contributed by atoms with Crippen LogP contribution in [-0.2, 0) is 0 Å². The van der Waals surface area contributed by atoms with Crippen molar-refractivity contribution in [1.29, 1.82) is 0 Å². The maximum Gasteiger partial charge on any atom is 0.135 e. The van der Waals surface area contributed by atoms with E-state index in [4.69, 9.17) is 4.74 Å². The second-order valence-corrected chi connectivity index (χ2v) is 13.6. The SMILES string of the molecule is c1ccc(-c2ccc3c(c2)-c2cccc4c(-c5ccc(-c6ccc7ccc8c(-c9ccccc9)ccc9ccc6c7c98)cc5)ccc(c24)O3)cc1. The Balaban J connectivity index is 1.02. The zero-order chi connectivity index (χ0) is 33.5. The van der Waals surface area contributed by atoms with E-state index in [-0.39, 0.29) is 0 Å². The summed E-state index contributed by atoms with van der Waals surface area (Å²) in [7, 11) is 0. The number of rotatable bonds is 4. The first kappa shape index (κ1) is 28.2. The van der Waals surface area contributed by atoms with Crippen LogP contribution in [0, 0.1) is 0 Å². The van der Waals surface area contributed by atoms with Gasteiger partial charge in [0.25, 0.3) is 0 Å². The molecule has 11 rings (SSSR count). The van der Waals surface area contributed by atoms with Crippen LogP contribution < -0.4 is 4.74 Å². The lowest BCUT2D eigenvalue weighted by Crippen LogP contribution is -1.98. The van der Waals surface area contributed by atoms with E-state index in [1.807, 2.05) is 0 Å². The van der Waals surface area contributed by atoms with Gasteiger partial charge in [-0.05, 0) is 106 Å². The van der Waals surface area contributed by atoms with Gasteiger partial charge < -0.3 is 4.74 Å². The van der Waals surface area contributed by atoms with E-state index in [9.17, 15) is 0 Å². The lowest BCUT2D eigenvalue weighted by molar-refractivity contribution is 0.487. The Kier molecular flexibility index (Phi) is 6.02. The highest BCUT2D eigenvalue weighted by Crippen LogP contribution is 2.50. The molecule has 1 aliphatic heterocycles. The molecule has 0 bridgehead atoms. The molecule has 1 nitrogen and oxygen atoms in total. The van der Waals surface area contributed by atoms with Crippen molar-refractivity contribution in [2.75, 3.05) is 0 Å². The topological polar surface area (TPSA) is 9.23 Å². The molecule has 0 spiro atoms. The van der Waals surface area contributed by atoms with Gasteiger partial charge in [0.1, 0.15) is 11.5 Å². The Hall–Kier alpha value is -6.70. The molecule has 10 aromatic carbocycles. The molecular weight excluding hydrogens is 617 g/mol. The van der Waals surface area contributed by atoms with Crippen molar-refractivity contribution in [3.8, 4) is 67.1 Å². The van der Waals surface area contributed by atoms with Gasteiger partial charge >= 0.3 is 0 Å². The zero-order valence-corrected chi connectivity index (χ0v) is 27.7. The van der Waals surface area contributed by atoms with Gasteiger partial charge in [0, 0.05) is 10.9 Å². The molecule has 0 N–H and O–H groups in total. The minimum Gasteiger partial charge on any atom is -0.456 e. The number of hydrogen-bond acceptors (Lipinski definition) is 1. The summed E-state index contributed by atoms with van der Waals surface area (Å²) in [6.07, 6.45) is 0.